The highest BCUT2D eigenvalue weighted by Crippen LogP contribution is 2.75. The molecule has 2 heterocycles. The number of ether oxygens (including phenoxy) is 4. The van der Waals surface area contributed by atoms with Crippen LogP contribution in [0.2, 0.25) is 0 Å². The number of fused-ring (bicyclic) bond motifs is 3. The van der Waals surface area contributed by atoms with E-state index in [0.29, 0.717) is 5.56 Å². The third-order valence-electron chi connectivity index (χ3n) is 13.0. The molecule has 262 valence electrons. The average molecular weight is 681 g/mol. The van der Waals surface area contributed by atoms with Crippen molar-refractivity contribution in [3.63, 3.8) is 0 Å². The Morgan fingerprint density at radius 2 is 1.61 bits per heavy atom. The van der Waals surface area contributed by atoms with Crippen LogP contribution in [0, 0.1) is 45.2 Å². The predicted molar refractivity (Wildman–Crippen MR) is 166 cm³/mol. The zero-order valence-corrected chi connectivity index (χ0v) is 28.1. The van der Waals surface area contributed by atoms with Crippen molar-refractivity contribution in [3.8, 4) is 0 Å². The minimum absolute atomic E-state index is 0.00123. The monoisotopic (exact) mass is 680 g/mol. The van der Waals surface area contributed by atoms with Crippen LogP contribution in [-0.4, -0.2) is 72.2 Å². The Morgan fingerprint density at radius 1 is 0.898 bits per heavy atom. The first-order chi connectivity index (χ1) is 23.1. The quantitative estimate of drug-likeness (QED) is 0.357. The molecule has 2 bridgehead atoms. The minimum Gasteiger partial charge on any atom is -0.472 e. The zero-order valence-electron chi connectivity index (χ0n) is 28.1. The van der Waals surface area contributed by atoms with Crippen LogP contribution in [0.25, 0.3) is 0 Å². The second-order valence-electron chi connectivity index (χ2n) is 15.4. The Balaban J connectivity index is 1.46. The first-order valence-corrected chi connectivity index (χ1v) is 16.8. The van der Waals surface area contributed by atoms with Gasteiger partial charge in [0.1, 0.15) is 23.8 Å². The maximum absolute atomic E-state index is 15.4. The molecule has 2 aromatic rings. The van der Waals surface area contributed by atoms with E-state index >= 15 is 4.79 Å². The SMILES string of the molecule is CC(=O)O[C@@H]1C[C@H](O)[C@@]23COC[C@]1(C)[C@@H]2C[C@@H](OC(=O)c1ccccc1F)[C@@]1(C)[C@@H]2C(=O)C[C@@H](c4ccoc4)[C@]2(C)[C@@H](OC(C)=O)C(=O)[C@@H]13. The number of rotatable bonds is 5. The number of aliphatic hydroxyl groups is 1. The highest BCUT2D eigenvalue weighted by atomic mass is 19.1. The number of halogens is 1. The number of hydrogen-bond acceptors (Lipinski definition) is 11. The molecule has 11 nitrogen and oxygen atoms in total. The molecule has 5 aliphatic rings. The van der Waals surface area contributed by atoms with Gasteiger partial charge in [-0.05, 0) is 36.1 Å². The molecule has 1 saturated heterocycles. The maximum atomic E-state index is 15.4. The van der Waals surface area contributed by atoms with Crippen molar-refractivity contribution in [3.05, 3.63) is 59.8 Å². The molecule has 7 rings (SSSR count). The lowest BCUT2D eigenvalue weighted by Gasteiger charge is -2.72. The van der Waals surface area contributed by atoms with E-state index in [2.05, 4.69) is 0 Å². The summed E-state index contributed by atoms with van der Waals surface area (Å²) in [7, 11) is 0. The zero-order chi connectivity index (χ0) is 35.3. The molecule has 1 aliphatic heterocycles. The Hall–Kier alpha value is -3.90. The fourth-order valence-electron chi connectivity index (χ4n) is 11.3. The van der Waals surface area contributed by atoms with Crippen LogP contribution < -0.4 is 0 Å². The van der Waals surface area contributed by atoms with Crippen molar-refractivity contribution in [1.82, 2.24) is 0 Å². The highest BCUT2D eigenvalue weighted by molar-refractivity contribution is 5.98. The minimum atomic E-state index is -1.48. The summed E-state index contributed by atoms with van der Waals surface area (Å²) in [5.74, 6) is -7.26. The molecular weight excluding hydrogens is 639 g/mol. The summed E-state index contributed by atoms with van der Waals surface area (Å²) >= 11 is 0. The lowest BCUT2D eigenvalue weighted by atomic mass is 9.33. The molecular formula is C37H41FO11. The fourth-order valence-corrected chi connectivity index (χ4v) is 11.3. The molecule has 12 heteroatoms. The summed E-state index contributed by atoms with van der Waals surface area (Å²) in [6.45, 7) is 7.86. The predicted octanol–water partition coefficient (Wildman–Crippen LogP) is 4.20. The maximum Gasteiger partial charge on any atom is 0.341 e. The molecule has 4 saturated carbocycles. The molecule has 1 aromatic carbocycles. The van der Waals surface area contributed by atoms with Gasteiger partial charge in [-0.15, -0.1) is 0 Å². The molecule has 0 amide bonds. The Morgan fingerprint density at radius 3 is 2.27 bits per heavy atom. The van der Waals surface area contributed by atoms with E-state index in [1.807, 2.05) is 6.92 Å². The number of ketones is 2. The molecule has 5 fully saturated rings. The van der Waals surface area contributed by atoms with Gasteiger partial charge in [-0.3, -0.25) is 19.2 Å². The molecule has 12 atom stereocenters. The number of carbonyl (C=O) groups is 5. The standard InChI is InChI=1S/C37H41FO11/c1-18(39)47-27-14-26(42)37-17-46-16-34(27,3)25(37)13-28(49-33(44)21-8-6-7-9-23(21)38)36(5)30-24(41)12-22(20-10-11-45-15-20)35(30,4)32(48-19(2)40)29(43)31(36)37/h6-11,15,22,25-28,30-32,42H,12-14,16-17H2,1-5H3/t22-,25-,26-,27+,28+,30+,31-,32-,34+,35-,36-,37+/m0/s1. The lowest BCUT2D eigenvalue weighted by molar-refractivity contribution is -0.322. The second kappa shape index (κ2) is 11.3. The van der Waals surface area contributed by atoms with Crippen LogP contribution in [0.3, 0.4) is 0 Å². The largest absolute Gasteiger partial charge is 0.472 e. The number of esters is 3. The van der Waals surface area contributed by atoms with E-state index in [1.165, 1.54) is 44.6 Å². The van der Waals surface area contributed by atoms with Gasteiger partial charge in [0.15, 0.2) is 11.9 Å². The molecule has 49 heavy (non-hydrogen) atoms. The Kier molecular flexibility index (Phi) is 7.75. The van der Waals surface area contributed by atoms with Crippen LogP contribution in [0.4, 0.5) is 4.39 Å². The summed E-state index contributed by atoms with van der Waals surface area (Å²) in [4.78, 5) is 68.9. The van der Waals surface area contributed by atoms with E-state index in [0.717, 1.165) is 6.07 Å². The van der Waals surface area contributed by atoms with E-state index in [-0.39, 0.29) is 43.8 Å². The number of Topliss-reactive ketones (excluding diaryl/α,β-unsaturated/α-hetero) is 2. The fraction of sp³-hybridized carbons (Fsp3) is 0.595. The topological polar surface area (TPSA) is 156 Å². The van der Waals surface area contributed by atoms with Crippen LogP contribution in [0.1, 0.15) is 75.7 Å². The number of furan rings is 1. The number of hydrogen-bond donors (Lipinski definition) is 1. The van der Waals surface area contributed by atoms with Crippen LogP contribution in [-0.2, 0) is 38.1 Å². The third kappa shape index (κ3) is 4.48. The van der Waals surface area contributed by atoms with Gasteiger partial charge in [-0.2, -0.15) is 0 Å². The van der Waals surface area contributed by atoms with Crippen LogP contribution >= 0.6 is 0 Å². The Bertz CT molecular complexity index is 1720. The van der Waals surface area contributed by atoms with Gasteiger partial charge in [-0.1, -0.05) is 32.9 Å². The van der Waals surface area contributed by atoms with Gasteiger partial charge >= 0.3 is 17.9 Å². The summed E-state index contributed by atoms with van der Waals surface area (Å²) in [6.07, 6.45) is -1.61. The van der Waals surface area contributed by atoms with Gasteiger partial charge in [-0.25, -0.2) is 9.18 Å². The normalized spacial score (nSPS) is 42.3. The van der Waals surface area contributed by atoms with Crippen molar-refractivity contribution < 1.29 is 56.8 Å². The van der Waals surface area contributed by atoms with E-state index in [1.54, 1.807) is 19.9 Å². The lowest BCUT2D eigenvalue weighted by Crippen LogP contribution is -2.79. The van der Waals surface area contributed by atoms with Gasteiger partial charge < -0.3 is 28.5 Å². The summed E-state index contributed by atoms with van der Waals surface area (Å²) < 4.78 is 44.6. The van der Waals surface area contributed by atoms with Gasteiger partial charge in [0.25, 0.3) is 0 Å². The Labute approximate surface area is 282 Å². The summed E-state index contributed by atoms with van der Waals surface area (Å²) in [5, 5.41) is 12.2. The first-order valence-electron chi connectivity index (χ1n) is 16.8. The molecule has 1 aromatic heterocycles. The van der Waals surface area contributed by atoms with Gasteiger partial charge in [0.2, 0.25) is 0 Å². The summed E-state index contributed by atoms with van der Waals surface area (Å²) in [6, 6.07) is 7.10. The average Bonchev–Trinajstić information content (AvgIpc) is 3.65. The molecule has 0 radical (unpaired) electrons. The molecule has 0 spiro atoms. The molecule has 4 aliphatic carbocycles. The van der Waals surface area contributed by atoms with E-state index < -0.39 is 99.3 Å². The molecule has 1 N–H and O–H groups in total. The van der Waals surface area contributed by atoms with Gasteiger partial charge in [0.05, 0.1) is 37.4 Å². The second-order valence-corrected chi connectivity index (χ2v) is 15.4. The van der Waals surface area contributed by atoms with Crippen molar-refractivity contribution >= 4 is 29.5 Å². The van der Waals surface area contributed by atoms with Crippen LogP contribution in [0.5, 0.6) is 0 Å². The number of aliphatic hydroxyl groups excluding tert-OH is 1. The van der Waals surface area contributed by atoms with Crippen molar-refractivity contribution in [2.45, 2.75) is 84.2 Å². The van der Waals surface area contributed by atoms with E-state index in [4.69, 9.17) is 23.4 Å². The van der Waals surface area contributed by atoms with Crippen molar-refractivity contribution in [1.29, 1.82) is 0 Å². The van der Waals surface area contributed by atoms with Gasteiger partial charge in [0, 0.05) is 66.1 Å². The molecule has 0 unspecified atom stereocenters. The van der Waals surface area contributed by atoms with Crippen LogP contribution in [0.15, 0.2) is 47.3 Å². The van der Waals surface area contributed by atoms with Crippen molar-refractivity contribution in [2.75, 3.05) is 13.2 Å². The number of carbonyl (C=O) groups excluding carboxylic acids is 5. The first kappa shape index (κ1) is 33.6. The summed E-state index contributed by atoms with van der Waals surface area (Å²) in [5.41, 5.74) is -4.76. The highest BCUT2D eigenvalue weighted by Gasteiger charge is 2.82. The van der Waals surface area contributed by atoms with Crippen molar-refractivity contribution in [2.24, 2.45) is 39.4 Å². The smallest absolute Gasteiger partial charge is 0.341 e. The van der Waals surface area contributed by atoms with E-state index in [9.17, 15) is 28.7 Å². The third-order valence-corrected chi connectivity index (χ3v) is 13.0. The number of benzene rings is 1.